The van der Waals surface area contributed by atoms with Crippen LogP contribution in [0, 0.1) is 5.92 Å². The molecule has 1 aliphatic rings. The van der Waals surface area contributed by atoms with Gasteiger partial charge in [0.25, 0.3) is 0 Å². The van der Waals surface area contributed by atoms with E-state index in [0.29, 0.717) is 24.6 Å². The van der Waals surface area contributed by atoms with Crippen LogP contribution in [0.1, 0.15) is 19.8 Å². The highest BCUT2D eigenvalue weighted by Gasteiger charge is 2.36. The lowest BCUT2D eigenvalue weighted by Crippen LogP contribution is -2.28. The monoisotopic (exact) mass is 388 g/mol. The van der Waals surface area contributed by atoms with E-state index in [0.717, 1.165) is 22.9 Å². The van der Waals surface area contributed by atoms with Crippen molar-refractivity contribution in [2.75, 3.05) is 23.4 Å². The SMILES string of the molecule is CCCOc1ccccc1NC(=O)C1CC(=O)N(c2cccc3ccccc23)C1. The number of carbonyl (C=O) groups is 2. The first-order chi connectivity index (χ1) is 14.2. The van der Waals surface area contributed by atoms with Gasteiger partial charge in [0.2, 0.25) is 11.8 Å². The van der Waals surface area contributed by atoms with Crippen molar-refractivity contribution < 1.29 is 14.3 Å². The molecule has 0 bridgehead atoms. The second kappa shape index (κ2) is 8.35. The molecule has 1 N–H and O–H groups in total. The molecule has 1 unspecified atom stereocenters. The highest BCUT2D eigenvalue weighted by atomic mass is 16.5. The Labute approximate surface area is 170 Å². The van der Waals surface area contributed by atoms with Crippen molar-refractivity contribution in [3.8, 4) is 5.75 Å². The molecule has 5 nitrogen and oxygen atoms in total. The van der Waals surface area contributed by atoms with Gasteiger partial charge in [0.05, 0.1) is 23.9 Å². The summed E-state index contributed by atoms with van der Waals surface area (Å²) in [6.45, 7) is 2.99. The third kappa shape index (κ3) is 3.94. The van der Waals surface area contributed by atoms with E-state index in [1.807, 2.05) is 73.7 Å². The smallest absolute Gasteiger partial charge is 0.229 e. The summed E-state index contributed by atoms with van der Waals surface area (Å²) in [6, 6.07) is 21.3. The Bertz CT molecular complexity index is 1040. The van der Waals surface area contributed by atoms with Gasteiger partial charge in [0.15, 0.2) is 0 Å². The molecule has 1 saturated heterocycles. The zero-order valence-corrected chi connectivity index (χ0v) is 16.4. The number of ether oxygens (including phenoxy) is 1. The number of benzene rings is 3. The fourth-order valence-electron chi connectivity index (χ4n) is 3.70. The van der Waals surface area contributed by atoms with Crippen LogP contribution < -0.4 is 15.0 Å². The van der Waals surface area contributed by atoms with Crippen molar-refractivity contribution in [3.63, 3.8) is 0 Å². The molecule has 2 amide bonds. The number of nitrogens with one attached hydrogen (secondary N) is 1. The third-order valence-corrected chi connectivity index (χ3v) is 5.16. The highest BCUT2D eigenvalue weighted by molar-refractivity contribution is 6.08. The lowest BCUT2D eigenvalue weighted by Gasteiger charge is -2.19. The Morgan fingerprint density at radius 1 is 1.07 bits per heavy atom. The molecule has 3 aromatic carbocycles. The van der Waals surface area contributed by atoms with E-state index in [1.165, 1.54) is 0 Å². The molecular weight excluding hydrogens is 364 g/mol. The molecule has 5 heteroatoms. The molecule has 1 atom stereocenters. The summed E-state index contributed by atoms with van der Waals surface area (Å²) < 4.78 is 5.72. The first-order valence-electron chi connectivity index (χ1n) is 9.98. The summed E-state index contributed by atoms with van der Waals surface area (Å²) >= 11 is 0. The van der Waals surface area contributed by atoms with Crippen LogP contribution in [0.4, 0.5) is 11.4 Å². The van der Waals surface area contributed by atoms with Gasteiger partial charge in [-0.3, -0.25) is 9.59 Å². The Hall–Kier alpha value is -3.34. The number of carbonyl (C=O) groups excluding carboxylic acids is 2. The lowest BCUT2D eigenvalue weighted by atomic mass is 10.1. The maximum Gasteiger partial charge on any atom is 0.229 e. The second-order valence-electron chi connectivity index (χ2n) is 7.24. The number of amides is 2. The van der Waals surface area contributed by atoms with Gasteiger partial charge < -0.3 is 15.0 Å². The van der Waals surface area contributed by atoms with E-state index < -0.39 is 5.92 Å². The maximum atomic E-state index is 12.9. The Kier molecular flexibility index (Phi) is 5.47. The average molecular weight is 388 g/mol. The van der Waals surface area contributed by atoms with Crippen molar-refractivity contribution in [1.82, 2.24) is 0 Å². The summed E-state index contributed by atoms with van der Waals surface area (Å²) in [5.41, 5.74) is 1.50. The molecular formula is C24H24N2O3. The van der Waals surface area contributed by atoms with Crippen LogP contribution in [0.15, 0.2) is 66.7 Å². The number of nitrogens with zero attached hydrogens (tertiary/aromatic N) is 1. The number of hydrogen-bond donors (Lipinski definition) is 1. The minimum Gasteiger partial charge on any atom is -0.491 e. The number of fused-ring (bicyclic) bond motifs is 1. The predicted octanol–water partition coefficient (Wildman–Crippen LogP) is 4.62. The van der Waals surface area contributed by atoms with Crippen LogP contribution in [0.2, 0.25) is 0 Å². The zero-order chi connectivity index (χ0) is 20.2. The van der Waals surface area contributed by atoms with Gasteiger partial charge in [-0.2, -0.15) is 0 Å². The summed E-state index contributed by atoms with van der Waals surface area (Å²) in [4.78, 5) is 27.3. The van der Waals surface area contributed by atoms with E-state index in [9.17, 15) is 9.59 Å². The normalized spacial score (nSPS) is 16.2. The Balaban J connectivity index is 1.52. The molecule has 0 spiro atoms. The van der Waals surface area contributed by atoms with Crippen LogP contribution in [0.25, 0.3) is 10.8 Å². The van der Waals surface area contributed by atoms with Gasteiger partial charge in [-0.15, -0.1) is 0 Å². The minimum atomic E-state index is -0.402. The van der Waals surface area contributed by atoms with Crippen molar-refractivity contribution in [2.45, 2.75) is 19.8 Å². The second-order valence-corrected chi connectivity index (χ2v) is 7.24. The molecule has 0 radical (unpaired) electrons. The highest BCUT2D eigenvalue weighted by Crippen LogP contribution is 2.32. The summed E-state index contributed by atoms with van der Waals surface area (Å²) in [5.74, 6) is 0.0595. The number of rotatable bonds is 6. The minimum absolute atomic E-state index is 0.0305. The van der Waals surface area contributed by atoms with Crippen LogP contribution in [-0.2, 0) is 9.59 Å². The van der Waals surface area contributed by atoms with E-state index in [2.05, 4.69) is 5.32 Å². The van der Waals surface area contributed by atoms with Gasteiger partial charge in [0, 0.05) is 18.4 Å². The van der Waals surface area contributed by atoms with Crippen molar-refractivity contribution in [3.05, 3.63) is 66.7 Å². The molecule has 4 rings (SSSR count). The van der Waals surface area contributed by atoms with Gasteiger partial charge in [0.1, 0.15) is 5.75 Å². The molecule has 0 aliphatic carbocycles. The van der Waals surface area contributed by atoms with Crippen molar-refractivity contribution in [1.29, 1.82) is 0 Å². The van der Waals surface area contributed by atoms with E-state index in [1.54, 1.807) is 4.90 Å². The topological polar surface area (TPSA) is 58.6 Å². The Morgan fingerprint density at radius 2 is 1.83 bits per heavy atom. The fourth-order valence-corrected chi connectivity index (χ4v) is 3.70. The third-order valence-electron chi connectivity index (χ3n) is 5.16. The molecule has 148 valence electrons. The number of para-hydroxylation sites is 2. The van der Waals surface area contributed by atoms with E-state index >= 15 is 0 Å². The van der Waals surface area contributed by atoms with Gasteiger partial charge in [-0.1, -0.05) is 55.5 Å². The van der Waals surface area contributed by atoms with Gasteiger partial charge in [-0.25, -0.2) is 0 Å². The first-order valence-corrected chi connectivity index (χ1v) is 9.98. The van der Waals surface area contributed by atoms with E-state index in [-0.39, 0.29) is 18.2 Å². The molecule has 1 heterocycles. The van der Waals surface area contributed by atoms with E-state index in [4.69, 9.17) is 4.74 Å². The molecule has 1 fully saturated rings. The van der Waals surface area contributed by atoms with Gasteiger partial charge >= 0.3 is 0 Å². The van der Waals surface area contributed by atoms with Gasteiger partial charge in [-0.05, 0) is 30.0 Å². The van der Waals surface area contributed by atoms with Crippen LogP contribution in [0.5, 0.6) is 5.75 Å². The molecule has 0 saturated carbocycles. The molecule has 1 aliphatic heterocycles. The molecule has 0 aromatic heterocycles. The zero-order valence-electron chi connectivity index (χ0n) is 16.4. The summed E-state index contributed by atoms with van der Waals surface area (Å²) in [7, 11) is 0. The summed E-state index contributed by atoms with van der Waals surface area (Å²) in [6.07, 6.45) is 1.09. The number of hydrogen-bond acceptors (Lipinski definition) is 3. The van der Waals surface area contributed by atoms with Crippen LogP contribution in [0.3, 0.4) is 0 Å². The predicted molar refractivity (Wildman–Crippen MR) is 115 cm³/mol. The summed E-state index contributed by atoms with van der Waals surface area (Å²) in [5, 5.41) is 5.04. The quantitative estimate of drug-likeness (QED) is 0.670. The standard InChI is InChI=1S/C24H24N2O3/c1-2-14-29-22-13-6-5-11-20(22)25-24(28)18-15-23(27)26(16-18)21-12-7-9-17-8-3-4-10-19(17)21/h3-13,18H,2,14-16H2,1H3,(H,25,28). The molecule has 3 aromatic rings. The Morgan fingerprint density at radius 3 is 2.69 bits per heavy atom. The van der Waals surface area contributed by atoms with Crippen molar-refractivity contribution >= 4 is 34.0 Å². The van der Waals surface area contributed by atoms with Crippen LogP contribution >= 0.6 is 0 Å². The van der Waals surface area contributed by atoms with Crippen LogP contribution in [-0.4, -0.2) is 25.0 Å². The maximum absolute atomic E-state index is 12.9. The molecule has 29 heavy (non-hydrogen) atoms. The largest absolute Gasteiger partial charge is 0.491 e. The fraction of sp³-hybridized carbons (Fsp3) is 0.250. The first kappa shape index (κ1) is 19.0. The van der Waals surface area contributed by atoms with Crippen molar-refractivity contribution in [2.24, 2.45) is 5.92 Å². The average Bonchev–Trinajstić information content (AvgIpc) is 3.14. The lowest BCUT2D eigenvalue weighted by molar-refractivity contribution is -0.122. The number of anilines is 2.